The summed E-state index contributed by atoms with van der Waals surface area (Å²) in [6, 6.07) is 10.7. The molecule has 1 aliphatic heterocycles. The van der Waals surface area contributed by atoms with Crippen molar-refractivity contribution >= 4 is 23.5 Å². The van der Waals surface area contributed by atoms with Crippen LogP contribution in [0.4, 0.5) is 5.69 Å². The Hall–Kier alpha value is -3.35. The summed E-state index contributed by atoms with van der Waals surface area (Å²) in [6.07, 6.45) is 2.46. The van der Waals surface area contributed by atoms with E-state index in [9.17, 15) is 15.0 Å². The molecular formula is C20H22N4O3. The Labute approximate surface area is 157 Å². The number of benzene rings is 2. The zero-order valence-electron chi connectivity index (χ0n) is 15.2. The molecule has 0 aliphatic carbocycles. The van der Waals surface area contributed by atoms with Crippen molar-refractivity contribution in [2.45, 2.75) is 26.7 Å². The third-order valence-corrected chi connectivity index (χ3v) is 4.48. The highest BCUT2D eigenvalue weighted by atomic mass is 16.3. The molecule has 1 amide bonds. The van der Waals surface area contributed by atoms with E-state index in [1.807, 2.05) is 38.1 Å². The van der Waals surface area contributed by atoms with Crippen molar-refractivity contribution in [3.8, 4) is 11.5 Å². The van der Waals surface area contributed by atoms with E-state index in [0.29, 0.717) is 24.0 Å². The van der Waals surface area contributed by atoms with Gasteiger partial charge in [-0.2, -0.15) is 10.2 Å². The van der Waals surface area contributed by atoms with Gasteiger partial charge in [-0.3, -0.25) is 10.2 Å². The molecular weight excluding hydrogens is 344 g/mol. The maximum atomic E-state index is 11.3. The smallest absolute Gasteiger partial charge is 0.240 e. The fourth-order valence-corrected chi connectivity index (χ4v) is 2.99. The second-order valence-electron chi connectivity index (χ2n) is 6.44. The first-order chi connectivity index (χ1) is 13.0. The molecule has 27 heavy (non-hydrogen) atoms. The van der Waals surface area contributed by atoms with Crippen molar-refractivity contribution in [2.75, 3.05) is 5.43 Å². The van der Waals surface area contributed by atoms with E-state index in [0.717, 1.165) is 17.0 Å². The van der Waals surface area contributed by atoms with Crippen LogP contribution in [0.3, 0.4) is 0 Å². The van der Waals surface area contributed by atoms with Gasteiger partial charge in [0.1, 0.15) is 11.5 Å². The Bertz CT molecular complexity index is 904. The number of hydrazone groups is 2. The first-order valence-electron chi connectivity index (χ1n) is 8.79. The Kier molecular flexibility index (Phi) is 5.40. The number of phenols is 2. The predicted octanol–water partition coefficient (Wildman–Crippen LogP) is 2.97. The van der Waals surface area contributed by atoms with E-state index in [1.54, 1.807) is 12.1 Å². The Morgan fingerprint density at radius 1 is 1.26 bits per heavy atom. The number of hydrogen-bond donors (Lipinski definition) is 4. The summed E-state index contributed by atoms with van der Waals surface area (Å²) in [4.78, 5) is 11.3. The number of aromatic hydroxyl groups is 2. The van der Waals surface area contributed by atoms with Gasteiger partial charge in [0.15, 0.2) is 0 Å². The van der Waals surface area contributed by atoms with Gasteiger partial charge in [0.05, 0.1) is 17.6 Å². The molecule has 1 atom stereocenters. The zero-order chi connectivity index (χ0) is 19.4. The molecule has 2 aromatic carbocycles. The third kappa shape index (κ3) is 4.08. The molecule has 0 saturated carbocycles. The summed E-state index contributed by atoms with van der Waals surface area (Å²) in [7, 11) is 0. The molecule has 7 nitrogen and oxygen atoms in total. The molecule has 1 unspecified atom stereocenters. The SMILES string of the molecule is CCc1c(O)ccc(C=NNc2ccc(C3=NNC(=O)CC3C)cc2)c1O. The highest BCUT2D eigenvalue weighted by Gasteiger charge is 2.21. The van der Waals surface area contributed by atoms with Crippen LogP contribution < -0.4 is 10.9 Å². The van der Waals surface area contributed by atoms with Gasteiger partial charge in [-0.25, -0.2) is 5.43 Å². The minimum Gasteiger partial charge on any atom is -0.508 e. The van der Waals surface area contributed by atoms with Gasteiger partial charge < -0.3 is 10.2 Å². The number of carbonyl (C=O) groups excluding carboxylic acids is 1. The van der Waals surface area contributed by atoms with Crippen LogP contribution in [0, 0.1) is 5.92 Å². The molecule has 0 aromatic heterocycles. The fourth-order valence-electron chi connectivity index (χ4n) is 2.99. The molecule has 0 saturated heterocycles. The van der Waals surface area contributed by atoms with Crippen molar-refractivity contribution < 1.29 is 15.0 Å². The van der Waals surface area contributed by atoms with Gasteiger partial charge in [0.2, 0.25) is 5.91 Å². The Morgan fingerprint density at radius 2 is 2.00 bits per heavy atom. The lowest BCUT2D eigenvalue weighted by atomic mass is 9.94. The number of amides is 1. The van der Waals surface area contributed by atoms with E-state index in [4.69, 9.17) is 0 Å². The van der Waals surface area contributed by atoms with Crippen LogP contribution in [0.25, 0.3) is 0 Å². The molecule has 4 N–H and O–H groups in total. The van der Waals surface area contributed by atoms with Crippen molar-refractivity contribution in [3.05, 3.63) is 53.1 Å². The summed E-state index contributed by atoms with van der Waals surface area (Å²) in [5.74, 6) is 0.111. The molecule has 1 aliphatic rings. The Balaban J connectivity index is 1.69. The summed E-state index contributed by atoms with van der Waals surface area (Å²) in [5, 5.41) is 28.2. The second kappa shape index (κ2) is 7.90. The van der Waals surface area contributed by atoms with Crippen LogP contribution in [-0.4, -0.2) is 28.0 Å². The standard InChI is InChI=1S/C20H22N4O3/c1-3-16-17(25)9-6-14(20(16)27)11-21-22-15-7-4-13(5-8-15)19-12(2)10-18(26)23-24-19/h4-9,11-12,22,25,27H,3,10H2,1-2H3,(H,23,26). The zero-order valence-corrected chi connectivity index (χ0v) is 15.2. The second-order valence-corrected chi connectivity index (χ2v) is 6.44. The largest absolute Gasteiger partial charge is 0.508 e. The van der Waals surface area contributed by atoms with E-state index in [1.165, 1.54) is 6.21 Å². The number of hydrogen-bond acceptors (Lipinski definition) is 6. The van der Waals surface area contributed by atoms with Crippen molar-refractivity contribution in [3.63, 3.8) is 0 Å². The van der Waals surface area contributed by atoms with E-state index in [2.05, 4.69) is 21.1 Å². The molecule has 1 heterocycles. The monoisotopic (exact) mass is 366 g/mol. The van der Waals surface area contributed by atoms with Crippen LogP contribution in [0.15, 0.2) is 46.6 Å². The maximum absolute atomic E-state index is 11.3. The van der Waals surface area contributed by atoms with Crippen LogP contribution in [-0.2, 0) is 11.2 Å². The van der Waals surface area contributed by atoms with Crippen LogP contribution in [0.2, 0.25) is 0 Å². The number of nitrogens with zero attached hydrogens (tertiary/aromatic N) is 2. The van der Waals surface area contributed by atoms with E-state index in [-0.39, 0.29) is 23.3 Å². The fraction of sp³-hybridized carbons (Fsp3) is 0.250. The van der Waals surface area contributed by atoms with E-state index < -0.39 is 0 Å². The predicted molar refractivity (Wildman–Crippen MR) is 105 cm³/mol. The van der Waals surface area contributed by atoms with Gasteiger partial charge >= 0.3 is 0 Å². The van der Waals surface area contributed by atoms with Crippen molar-refractivity contribution in [1.82, 2.24) is 5.43 Å². The lowest BCUT2D eigenvalue weighted by Gasteiger charge is -2.19. The first kappa shape index (κ1) is 18.4. The van der Waals surface area contributed by atoms with Gasteiger partial charge in [-0.05, 0) is 36.2 Å². The topological polar surface area (TPSA) is 106 Å². The first-order valence-corrected chi connectivity index (χ1v) is 8.79. The van der Waals surface area contributed by atoms with Crippen LogP contribution in [0.5, 0.6) is 11.5 Å². The number of carbonyl (C=O) groups is 1. The molecule has 3 rings (SSSR count). The summed E-state index contributed by atoms with van der Waals surface area (Å²) in [5.41, 5.74) is 9.02. The van der Waals surface area contributed by atoms with Crippen molar-refractivity contribution in [2.24, 2.45) is 16.1 Å². The van der Waals surface area contributed by atoms with Crippen molar-refractivity contribution in [1.29, 1.82) is 0 Å². The Morgan fingerprint density at radius 3 is 2.67 bits per heavy atom. The molecule has 0 bridgehead atoms. The minimum absolute atomic E-state index is 0.0322. The van der Waals surface area contributed by atoms with Crippen LogP contribution in [0.1, 0.15) is 37.0 Å². The number of phenolic OH excluding ortho intramolecular Hbond substituents is 2. The average Bonchev–Trinajstić information content (AvgIpc) is 2.65. The lowest BCUT2D eigenvalue weighted by molar-refractivity contribution is -0.121. The molecule has 7 heteroatoms. The van der Waals surface area contributed by atoms with Gasteiger partial charge in [0, 0.05) is 23.5 Å². The quantitative estimate of drug-likeness (QED) is 0.482. The summed E-state index contributed by atoms with van der Waals surface area (Å²) in [6.45, 7) is 3.83. The minimum atomic E-state index is -0.0670. The van der Waals surface area contributed by atoms with Crippen LogP contribution >= 0.6 is 0 Å². The number of anilines is 1. The highest BCUT2D eigenvalue weighted by Crippen LogP contribution is 2.30. The molecule has 0 radical (unpaired) electrons. The summed E-state index contributed by atoms with van der Waals surface area (Å²) < 4.78 is 0. The van der Waals surface area contributed by atoms with E-state index >= 15 is 0 Å². The average molecular weight is 366 g/mol. The number of rotatable bonds is 5. The lowest BCUT2D eigenvalue weighted by Crippen LogP contribution is -2.31. The number of nitrogens with one attached hydrogen (secondary N) is 2. The normalized spacial score (nSPS) is 16.9. The maximum Gasteiger partial charge on any atom is 0.240 e. The van der Waals surface area contributed by atoms with Gasteiger partial charge in [-0.15, -0.1) is 0 Å². The molecule has 140 valence electrons. The molecule has 2 aromatic rings. The van der Waals surface area contributed by atoms with Gasteiger partial charge in [-0.1, -0.05) is 26.0 Å². The highest BCUT2D eigenvalue weighted by molar-refractivity contribution is 6.05. The van der Waals surface area contributed by atoms with Gasteiger partial charge in [0.25, 0.3) is 0 Å². The molecule has 0 fully saturated rings. The molecule has 0 spiro atoms. The summed E-state index contributed by atoms with van der Waals surface area (Å²) >= 11 is 0. The third-order valence-electron chi connectivity index (χ3n) is 4.48.